The van der Waals surface area contributed by atoms with E-state index in [1.54, 1.807) is 18.2 Å². The molecule has 1 N–H and O–H groups in total. The minimum Gasteiger partial charge on any atom is -0.465 e. The summed E-state index contributed by atoms with van der Waals surface area (Å²) in [5.41, 5.74) is 6.24. The SMILES string of the molecule is COC(=O)c1ccc2nc(N/N=C3/Cc4ccccc4C3=O)sc2c1. The van der Waals surface area contributed by atoms with Crippen LogP contribution in [0, 0.1) is 0 Å². The number of nitrogens with zero attached hydrogens (tertiary/aromatic N) is 2. The van der Waals surface area contributed by atoms with Crippen LogP contribution in [0.25, 0.3) is 10.2 Å². The molecule has 0 saturated carbocycles. The van der Waals surface area contributed by atoms with Crippen molar-refractivity contribution < 1.29 is 14.3 Å². The van der Waals surface area contributed by atoms with Gasteiger partial charge in [-0.3, -0.25) is 10.2 Å². The molecule has 1 aliphatic carbocycles. The van der Waals surface area contributed by atoms with E-state index >= 15 is 0 Å². The highest BCUT2D eigenvalue weighted by Crippen LogP contribution is 2.27. The first kappa shape index (κ1) is 15.5. The van der Waals surface area contributed by atoms with Crippen molar-refractivity contribution in [2.24, 2.45) is 5.10 Å². The molecule has 25 heavy (non-hydrogen) atoms. The van der Waals surface area contributed by atoms with Crippen LogP contribution >= 0.6 is 11.3 Å². The predicted octanol–water partition coefficient (Wildman–Crippen LogP) is 3.29. The quantitative estimate of drug-likeness (QED) is 0.578. The Morgan fingerprint density at radius 2 is 2.12 bits per heavy atom. The van der Waals surface area contributed by atoms with Gasteiger partial charge in [0, 0.05) is 12.0 Å². The number of rotatable bonds is 3. The Bertz CT molecular complexity index is 1040. The number of fused-ring (bicyclic) bond motifs is 2. The number of aromatic nitrogens is 1. The van der Waals surface area contributed by atoms with Crippen molar-refractivity contribution in [3.8, 4) is 0 Å². The van der Waals surface area contributed by atoms with Gasteiger partial charge in [-0.15, -0.1) is 0 Å². The molecule has 0 bridgehead atoms. The average molecular weight is 351 g/mol. The molecule has 1 aromatic heterocycles. The zero-order valence-corrected chi connectivity index (χ0v) is 14.1. The van der Waals surface area contributed by atoms with E-state index in [0.717, 1.165) is 15.8 Å². The van der Waals surface area contributed by atoms with Gasteiger partial charge in [0.2, 0.25) is 10.9 Å². The molecule has 0 fully saturated rings. The van der Waals surface area contributed by atoms with Gasteiger partial charge in [0.15, 0.2) is 0 Å². The van der Waals surface area contributed by atoms with Gasteiger partial charge in [-0.2, -0.15) is 5.10 Å². The lowest BCUT2D eigenvalue weighted by atomic mass is 10.1. The molecule has 0 amide bonds. The van der Waals surface area contributed by atoms with E-state index in [-0.39, 0.29) is 11.8 Å². The van der Waals surface area contributed by atoms with Crippen LogP contribution in [0.5, 0.6) is 0 Å². The highest BCUT2D eigenvalue weighted by atomic mass is 32.1. The zero-order chi connectivity index (χ0) is 17.4. The van der Waals surface area contributed by atoms with Gasteiger partial charge in [0.05, 0.1) is 22.9 Å². The molecule has 0 unspecified atom stereocenters. The summed E-state index contributed by atoms with van der Waals surface area (Å²) in [6, 6.07) is 12.7. The summed E-state index contributed by atoms with van der Waals surface area (Å²) in [7, 11) is 1.35. The second kappa shape index (κ2) is 6.10. The van der Waals surface area contributed by atoms with E-state index in [1.807, 2.05) is 24.3 Å². The fourth-order valence-corrected chi connectivity index (χ4v) is 3.58. The molecule has 0 atom stereocenters. The second-order valence-corrected chi connectivity index (χ2v) is 6.56. The molecular formula is C18H13N3O3S. The Kier molecular flexibility index (Phi) is 3.77. The van der Waals surface area contributed by atoms with Crippen molar-refractivity contribution in [3.05, 3.63) is 59.2 Å². The molecule has 1 heterocycles. The lowest BCUT2D eigenvalue weighted by Gasteiger charge is -1.97. The molecule has 1 aliphatic rings. The van der Waals surface area contributed by atoms with Crippen LogP contribution in [0.15, 0.2) is 47.6 Å². The van der Waals surface area contributed by atoms with E-state index in [2.05, 4.69) is 15.5 Å². The summed E-state index contributed by atoms with van der Waals surface area (Å²) >= 11 is 1.36. The number of anilines is 1. The summed E-state index contributed by atoms with van der Waals surface area (Å²) in [6.45, 7) is 0. The zero-order valence-electron chi connectivity index (χ0n) is 13.3. The fourth-order valence-electron chi connectivity index (χ4n) is 2.73. The van der Waals surface area contributed by atoms with Gasteiger partial charge in [-0.25, -0.2) is 9.78 Å². The minimum absolute atomic E-state index is 0.0582. The number of esters is 1. The third kappa shape index (κ3) is 2.78. The van der Waals surface area contributed by atoms with E-state index in [0.29, 0.717) is 28.4 Å². The minimum atomic E-state index is -0.389. The van der Waals surface area contributed by atoms with Gasteiger partial charge >= 0.3 is 5.97 Å². The van der Waals surface area contributed by atoms with E-state index < -0.39 is 0 Å². The van der Waals surface area contributed by atoms with Crippen LogP contribution in [0.3, 0.4) is 0 Å². The summed E-state index contributed by atoms with van der Waals surface area (Å²) in [5.74, 6) is -0.448. The van der Waals surface area contributed by atoms with Crippen molar-refractivity contribution >= 4 is 44.1 Å². The number of methoxy groups -OCH3 is 1. The largest absolute Gasteiger partial charge is 0.465 e. The maximum Gasteiger partial charge on any atom is 0.337 e. The Labute approximate surface area is 147 Å². The Morgan fingerprint density at radius 1 is 1.28 bits per heavy atom. The number of Topliss-reactive ketones (excluding diaryl/α,β-unsaturated/α-hetero) is 1. The molecule has 3 aromatic rings. The summed E-state index contributed by atoms with van der Waals surface area (Å²) in [4.78, 5) is 28.3. The first-order valence-electron chi connectivity index (χ1n) is 7.60. The molecule has 0 saturated heterocycles. The molecule has 124 valence electrons. The number of nitrogens with one attached hydrogen (secondary N) is 1. The average Bonchev–Trinajstić information content (AvgIpc) is 3.19. The van der Waals surface area contributed by atoms with Crippen LogP contribution in [-0.4, -0.2) is 29.6 Å². The third-order valence-corrected chi connectivity index (χ3v) is 4.90. The van der Waals surface area contributed by atoms with Crippen molar-refractivity contribution in [3.63, 3.8) is 0 Å². The van der Waals surface area contributed by atoms with Gasteiger partial charge < -0.3 is 4.74 Å². The monoisotopic (exact) mass is 351 g/mol. The summed E-state index contributed by atoms with van der Waals surface area (Å²) < 4.78 is 5.56. The molecule has 0 spiro atoms. The number of thiazole rings is 1. The summed E-state index contributed by atoms with van der Waals surface area (Å²) in [6.07, 6.45) is 0.513. The highest BCUT2D eigenvalue weighted by Gasteiger charge is 2.25. The van der Waals surface area contributed by atoms with Crippen LogP contribution in [0.4, 0.5) is 5.13 Å². The lowest BCUT2D eigenvalue weighted by molar-refractivity contribution is 0.0601. The molecule has 7 heteroatoms. The number of hydrogen-bond acceptors (Lipinski definition) is 7. The standard InChI is InChI=1S/C18H13N3O3S/c1-24-17(23)11-6-7-13-15(9-11)25-18(19-13)21-20-14-8-10-4-2-3-5-12(10)16(14)22/h2-7,9H,8H2,1H3,(H,19,21)/b20-14-. The van der Waals surface area contributed by atoms with Gasteiger partial charge in [-0.05, 0) is 23.8 Å². The van der Waals surface area contributed by atoms with E-state index in [9.17, 15) is 9.59 Å². The van der Waals surface area contributed by atoms with E-state index in [1.165, 1.54) is 18.4 Å². The first-order valence-corrected chi connectivity index (χ1v) is 8.41. The Hall–Kier alpha value is -3.06. The van der Waals surface area contributed by atoms with Gasteiger partial charge in [-0.1, -0.05) is 35.6 Å². The molecule has 0 radical (unpaired) electrons. The molecule has 6 nitrogen and oxygen atoms in total. The molecule has 2 aromatic carbocycles. The number of carbonyl (C=O) groups is 2. The van der Waals surface area contributed by atoms with E-state index in [4.69, 9.17) is 4.74 Å². The second-order valence-electron chi connectivity index (χ2n) is 5.53. The third-order valence-electron chi connectivity index (χ3n) is 3.98. The number of benzene rings is 2. The van der Waals surface area contributed by atoms with Crippen LogP contribution in [0.2, 0.25) is 0 Å². The molecule has 4 rings (SSSR count). The van der Waals surface area contributed by atoms with Gasteiger partial charge in [0.25, 0.3) is 0 Å². The maximum atomic E-state index is 12.3. The molecule has 0 aliphatic heterocycles. The fraction of sp³-hybridized carbons (Fsp3) is 0.111. The smallest absolute Gasteiger partial charge is 0.337 e. The molecular weight excluding hydrogens is 338 g/mol. The number of ketones is 1. The van der Waals surface area contributed by atoms with Crippen LogP contribution in [0.1, 0.15) is 26.3 Å². The number of hydrazone groups is 1. The number of carbonyl (C=O) groups excluding carboxylic acids is 2. The maximum absolute atomic E-state index is 12.3. The lowest BCUT2D eigenvalue weighted by Crippen LogP contribution is -2.10. The Balaban J connectivity index is 1.58. The number of hydrogen-bond donors (Lipinski definition) is 1. The number of ether oxygens (including phenoxy) is 1. The van der Waals surface area contributed by atoms with Crippen molar-refractivity contribution in [1.82, 2.24) is 4.98 Å². The van der Waals surface area contributed by atoms with Gasteiger partial charge in [0.1, 0.15) is 5.71 Å². The van der Waals surface area contributed by atoms with Crippen LogP contribution < -0.4 is 5.43 Å². The first-order chi connectivity index (χ1) is 12.2. The predicted molar refractivity (Wildman–Crippen MR) is 96.5 cm³/mol. The highest BCUT2D eigenvalue weighted by molar-refractivity contribution is 7.22. The van der Waals surface area contributed by atoms with Crippen molar-refractivity contribution in [2.75, 3.05) is 12.5 Å². The topological polar surface area (TPSA) is 80.7 Å². The van der Waals surface area contributed by atoms with Crippen molar-refractivity contribution in [1.29, 1.82) is 0 Å². The summed E-state index contributed by atoms with van der Waals surface area (Å²) in [5, 5.41) is 4.79. The Morgan fingerprint density at radius 3 is 2.92 bits per heavy atom. The van der Waals surface area contributed by atoms with Crippen LogP contribution in [-0.2, 0) is 11.2 Å². The van der Waals surface area contributed by atoms with Crippen molar-refractivity contribution in [2.45, 2.75) is 6.42 Å². The normalized spacial score (nSPS) is 14.8.